The van der Waals surface area contributed by atoms with E-state index in [0.29, 0.717) is 5.56 Å². The van der Waals surface area contributed by atoms with Crippen LogP contribution < -0.4 is 15.0 Å². The number of hydrogen-bond donors (Lipinski definition) is 2. The molecule has 1 unspecified atom stereocenters. The molecule has 2 rings (SSSR count). The summed E-state index contributed by atoms with van der Waals surface area (Å²) in [4.78, 5) is 14.1. The zero-order valence-electron chi connectivity index (χ0n) is 13.6. The molecular formula is C18H22N2O3. The summed E-state index contributed by atoms with van der Waals surface area (Å²) < 4.78 is 5.08. The van der Waals surface area contributed by atoms with Gasteiger partial charge in [0.15, 0.2) is 0 Å². The molecule has 23 heavy (non-hydrogen) atoms. The summed E-state index contributed by atoms with van der Waals surface area (Å²) in [7, 11) is 5.48. The lowest BCUT2D eigenvalue weighted by Gasteiger charge is -2.14. The standard InChI is InChI=1S/C18H22N2O3/c1-20(2)15-8-4-14(5-9-15)18(22)19-12-17(21)13-6-10-16(23-3)11-7-13/h4-11,17,21H,12H2,1-3H3,(H,19,22). The van der Waals surface area contributed by atoms with Crippen molar-refractivity contribution in [2.75, 3.05) is 32.6 Å². The Balaban J connectivity index is 1.92. The van der Waals surface area contributed by atoms with Crippen LogP contribution in [0.5, 0.6) is 5.75 Å². The van der Waals surface area contributed by atoms with Gasteiger partial charge in [0.2, 0.25) is 0 Å². The van der Waals surface area contributed by atoms with Crippen LogP contribution in [0.4, 0.5) is 5.69 Å². The fraction of sp³-hybridized carbons (Fsp3) is 0.278. The number of nitrogens with zero attached hydrogens (tertiary/aromatic N) is 1. The highest BCUT2D eigenvalue weighted by Gasteiger charge is 2.11. The second-order valence-corrected chi connectivity index (χ2v) is 5.44. The third-order valence-corrected chi connectivity index (χ3v) is 3.60. The van der Waals surface area contributed by atoms with E-state index in [9.17, 15) is 9.90 Å². The first-order valence-corrected chi connectivity index (χ1v) is 7.39. The van der Waals surface area contributed by atoms with Gasteiger partial charge in [0.05, 0.1) is 13.2 Å². The summed E-state index contributed by atoms with van der Waals surface area (Å²) in [6.45, 7) is 0.153. The first-order chi connectivity index (χ1) is 11.0. The maximum atomic E-state index is 12.1. The molecule has 0 aliphatic carbocycles. The van der Waals surface area contributed by atoms with Gasteiger partial charge in [-0.15, -0.1) is 0 Å². The van der Waals surface area contributed by atoms with Crippen LogP contribution in [0.3, 0.4) is 0 Å². The molecule has 0 spiro atoms. The molecule has 0 heterocycles. The van der Waals surface area contributed by atoms with Gasteiger partial charge < -0.3 is 20.1 Å². The van der Waals surface area contributed by atoms with E-state index >= 15 is 0 Å². The minimum atomic E-state index is -0.758. The number of carbonyl (C=O) groups is 1. The molecule has 1 atom stereocenters. The average molecular weight is 314 g/mol. The number of carbonyl (C=O) groups excluding carboxylic acids is 1. The molecule has 122 valence electrons. The molecule has 2 aromatic carbocycles. The fourth-order valence-corrected chi connectivity index (χ4v) is 2.15. The molecule has 5 heteroatoms. The van der Waals surface area contributed by atoms with E-state index in [2.05, 4.69) is 5.32 Å². The van der Waals surface area contributed by atoms with Crippen molar-refractivity contribution < 1.29 is 14.6 Å². The van der Waals surface area contributed by atoms with Crippen molar-refractivity contribution in [1.29, 1.82) is 0 Å². The molecule has 0 saturated heterocycles. The van der Waals surface area contributed by atoms with Gasteiger partial charge in [-0.3, -0.25) is 4.79 Å². The third kappa shape index (κ3) is 4.47. The molecule has 0 radical (unpaired) electrons. The predicted molar refractivity (Wildman–Crippen MR) is 91.1 cm³/mol. The Morgan fingerprint density at radius 1 is 1.13 bits per heavy atom. The van der Waals surface area contributed by atoms with Crippen molar-refractivity contribution in [3.05, 3.63) is 59.7 Å². The van der Waals surface area contributed by atoms with E-state index in [4.69, 9.17) is 4.74 Å². The van der Waals surface area contributed by atoms with Crippen molar-refractivity contribution in [3.8, 4) is 5.75 Å². The number of methoxy groups -OCH3 is 1. The summed E-state index contributed by atoms with van der Waals surface area (Å²) in [5, 5.41) is 12.9. The number of anilines is 1. The van der Waals surface area contributed by atoms with Gasteiger partial charge in [-0.1, -0.05) is 12.1 Å². The Morgan fingerprint density at radius 2 is 1.74 bits per heavy atom. The monoisotopic (exact) mass is 314 g/mol. The van der Waals surface area contributed by atoms with Crippen molar-refractivity contribution in [2.45, 2.75) is 6.10 Å². The lowest BCUT2D eigenvalue weighted by molar-refractivity contribution is 0.0916. The van der Waals surface area contributed by atoms with Gasteiger partial charge in [0.25, 0.3) is 5.91 Å². The lowest BCUT2D eigenvalue weighted by atomic mass is 10.1. The molecule has 1 amide bonds. The number of aliphatic hydroxyl groups excluding tert-OH is 1. The van der Waals surface area contributed by atoms with E-state index in [1.54, 1.807) is 43.5 Å². The van der Waals surface area contributed by atoms with Crippen LogP contribution in [0.1, 0.15) is 22.0 Å². The van der Waals surface area contributed by atoms with Crippen LogP contribution in [0, 0.1) is 0 Å². The Labute approximate surface area is 136 Å². The molecule has 0 fully saturated rings. The van der Waals surface area contributed by atoms with Gasteiger partial charge in [0, 0.05) is 31.9 Å². The summed E-state index contributed by atoms with van der Waals surface area (Å²) in [5.74, 6) is 0.522. The van der Waals surface area contributed by atoms with Crippen LogP contribution in [-0.2, 0) is 0 Å². The van der Waals surface area contributed by atoms with Crippen LogP contribution in [0.15, 0.2) is 48.5 Å². The number of rotatable bonds is 6. The maximum absolute atomic E-state index is 12.1. The Bertz CT molecular complexity index is 636. The van der Waals surface area contributed by atoms with Crippen LogP contribution in [0.2, 0.25) is 0 Å². The lowest BCUT2D eigenvalue weighted by Crippen LogP contribution is -2.28. The van der Waals surface area contributed by atoms with E-state index in [-0.39, 0.29) is 12.5 Å². The van der Waals surface area contributed by atoms with Crippen LogP contribution in [-0.4, -0.2) is 38.8 Å². The number of hydrogen-bond acceptors (Lipinski definition) is 4. The van der Waals surface area contributed by atoms with Gasteiger partial charge in [-0.05, 0) is 42.0 Å². The maximum Gasteiger partial charge on any atom is 0.251 e. The SMILES string of the molecule is COc1ccc(C(O)CNC(=O)c2ccc(N(C)C)cc2)cc1. The van der Waals surface area contributed by atoms with Gasteiger partial charge in [-0.25, -0.2) is 0 Å². The van der Waals surface area contributed by atoms with Gasteiger partial charge in [-0.2, -0.15) is 0 Å². The van der Waals surface area contributed by atoms with Crippen molar-refractivity contribution in [2.24, 2.45) is 0 Å². The number of benzene rings is 2. The van der Waals surface area contributed by atoms with Gasteiger partial charge in [0.1, 0.15) is 5.75 Å². The third-order valence-electron chi connectivity index (χ3n) is 3.60. The highest BCUT2D eigenvalue weighted by atomic mass is 16.5. The highest BCUT2D eigenvalue weighted by molar-refractivity contribution is 5.94. The first kappa shape index (κ1) is 16.8. The minimum Gasteiger partial charge on any atom is -0.497 e. The smallest absolute Gasteiger partial charge is 0.251 e. The minimum absolute atomic E-state index is 0.153. The molecule has 2 N–H and O–H groups in total. The molecule has 2 aromatic rings. The quantitative estimate of drug-likeness (QED) is 0.858. The summed E-state index contributed by atoms with van der Waals surface area (Å²) in [5.41, 5.74) is 2.33. The second-order valence-electron chi connectivity index (χ2n) is 5.44. The van der Waals surface area contributed by atoms with Crippen molar-refractivity contribution >= 4 is 11.6 Å². The summed E-state index contributed by atoms with van der Waals surface area (Å²) >= 11 is 0. The second kappa shape index (κ2) is 7.65. The normalized spacial score (nSPS) is 11.7. The molecule has 0 aromatic heterocycles. The number of aliphatic hydroxyl groups is 1. The first-order valence-electron chi connectivity index (χ1n) is 7.39. The zero-order chi connectivity index (χ0) is 16.8. The zero-order valence-corrected chi connectivity index (χ0v) is 13.6. The van der Waals surface area contributed by atoms with Gasteiger partial charge >= 0.3 is 0 Å². The topological polar surface area (TPSA) is 61.8 Å². The average Bonchev–Trinajstić information content (AvgIpc) is 2.59. The fourth-order valence-electron chi connectivity index (χ4n) is 2.15. The highest BCUT2D eigenvalue weighted by Crippen LogP contribution is 2.17. The van der Waals surface area contributed by atoms with Crippen molar-refractivity contribution in [3.63, 3.8) is 0 Å². The molecule has 0 saturated carbocycles. The predicted octanol–water partition coefficient (Wildman–Crippen LogP) is 2.22. The summed E-state index contributed by atoms with van der Waals surface area (Å²) in [6.07, 6.45) is -0.758. The Kier molecular flexibility index (Phi) is 5.60. The summed E-state index contributed by atoms with van der Waals surface area (Å²) in [6, 6.07) is 14.4. The molecule has 0 bridgehead atoms. The van der Waals surface area contributed by atoms with E-state index in [1.807, 2.05) is 31.1 Å². The van der Waals surface area contributed by atoms with E-state index in [0.717, 1.165) is 17.0 Å². The number of ether oxygens (including phenoxy) is 1. The van der Waals surface area contributed by atoms with E-state index < -0.39 is 6.10 Å². The molecule has 0 aliphatic rings. The van der Waals surface area contributed by atoms with Crippen LogP contribution >= 0.6 is 0 Å². The molecular weight excluding hydrogens is 292 g/mol. The Hall–Kier alpha value is -2.53. The largest absolute Gasteiger partial charge is 0.497 e. The number of nitrogens with one attached hydrogen (secondary N) is 1. The molecule has 0 aliphatic heterocycles. The van der Waals surface area contributed by atoms with Crippen molar-refractivity contribution in [1.82, 2.24) is 5.32 Å². The Morgan fingerprint density at radius 3 is 2.26 bits per heavy atom. The van der Waals surface area contributed by atoms with E-state index in [1.165, 1.54) is 0 Å². The molecule has 5 nitrogen and oxygen atoms in total. The number of amides is 1. The van der Waals surface area contributed by atoms with Crippen LogP contribution in [0.25, 0.3) is 0 Å².